The maximum absolute atomic E-state index is 12.7. The van der Waals surface area contributed by atoms with Crippen LogP contribution in [-0.4, -0.2) is 0 Å². The van der Waals surface area contributed by atoms with Gasteiger partial charge in [-0.2, -0.15) is 0 Å². The lowest BCUT2D eigenvalue weighted by molar-refractivity contribution is 0.613. The summed E-state index contributed by atoms with van der Waals surface area (Å²) in [6, 6.07) is 4.63. The van der Waals surface area contributed by atoms with Crippen LogP contribution < -0.4 is 5.73 Å². The number of rotatable bonds is 3. The van der Waals surface area contributed by atoms with Crippen LogP contribution in [-0.2, 0) is 0 Å². The number of hydrogen-bond donors (Lipinski definition) is 1. The van der Waals surface area contributed by atoms with Gasteiger partial charge in [-0.15, -0.1) is 0 Å². The third kappa shape index (κ3) is 2.78. The lowest BCUT2D eigenvalue weighted by Gasteiger charge is -2.12. The molecule has 1 rings (SSSR count). The fourth-order valence-corrected chi connectivity index (χ4v) is 1.91. The zero-order chi connectivity index (χ0) is 9.84. The molecule has 1 unspecified atom stereocenters. The molecule has 72 valence electrons. The fraction of sp³-hybridized carbons (Fsp3) is 0.400. The van der Waals surface area contributed by atoms with Gasteiger partial charge in [-0.05, 0) is 24.1 Å². The van der Waals surface area contributed by atoms with Gasteiger partial charge in [0.05, 0.1) is 0 Å². The van der Waals surface area contributed by atoms with Gasteiger partial charge >= 0.3 is 0 Å². The second kappa shape index (κ2) is 4.72. The average molecular weight is 246 g/mol. The molecule has 0 heterocycles. The van der Waals surface area contributed by atoms with E-state index in [4.69, 9.17) is 5.73 Å². The van der Waals surface area contributed by atoms with E-state index in [0.717, 1.165) is 22.9 Å². The molecule has 3 heteroatoms. The smallest absolute Gasteiger partial charge is 0.124 e. The van der Waals surface area contributed by atoms with Gasteiger partial charge < -0.3 is 5.73 Å². The maximum atomic E-state index is 12.7. The summed E-state index contributed by atoms with van der Waals surface area (Å²) < 4.78 is 13.5. The molecule has 0 aliphatic carbocycles. The predicted octanol–water partition coefficient (Wildman–Crippen LogP) is 3.39. The first-order chi connectivity index (χ1) is 6.15. The van der Waals surface area contributed by atoms with E-state index in [9.17, 15) is 4.39 Å². The number of halogens is 2. The van der Waals surface area contributed by atoms with Crippen LogP contribution in [0.4, 0.5) is 4.39 Å². The molecule has 0 saturated heterocycles. The molecule has 1 nitrogen and oxygen atoms in total. The second-order valence-electron chi connectivity index (χ2n) is 3.06. The molecule has 0 aliphatic heterocycles. The van der Waals surface area contributed by atoms with E-state index in [1.165, 1.54) is 12.1 Å². The van der Waals surface area contributed by atoms with Gasteiger partial charge in [-0.1, -0.05) is 35.3 Å². The van der Waals surface area contributed by atoms with E-state index in [2.05, 4.69) is 22.9 Å². The van der Waals surface area contributed by atoms with Crippen molar-refractivity contribution in [2.45, 2.75) is 25.8 Å². The van der Waals surface area contributed by atoms with Crippen molar-refractivity contribution in [2.24, 2.45) is 5.73 Å². The molecule has 1 aromatic rings. The molecule has 0 radical (unpaired) electrons. The van der Waals surface area contributed by atoms with Crippen LogP contribution in [0.1, 0.15) is 31.4 Å². The number of hydrogen-bond acceptors (Lipinski definition) is 1. The fourth-order valence-electron chi connectivity index (χ4n) is 1.27. The molecule has 1 aromatic carbocycles. The van der Waals surface area contributed by atoms with Gasteiger partial charge in [-0.3, -0.25) is 0 Å². The van der Waals surface area contributed by atoms with Gasteiger partial charge in [0.1, 0.15) is 5.82 Å². The van der Waals surface area contributed by atoms with Crippen molar-refractivity contribution in [3.63, 3.8) is 0 Å². The quantitative estimate of drug-likeness (QED) is 0.869. The highest BCUT2D eigenvalue weighted by atomic mass is 79.9. The first kappa shape index (κ1) is 10.7. The molecule has 0 amide bonds. The molecule has 13 heavy (non-hydrogen) atoms. The average Bonchev–Trinajstić information content (AvgIpc) is 2.04. The van der Waals surface area contributed by atoms with Crippen LogP contribution in [0.3, 0.4) is 0 Å². The molecular weight excluding hydrogens is 233 g/mol. The van der Waals surface area contributed by atoms with Gasteiger partial charge in [0.25, 0.3) is 0 Å². The van der Waals surface area contributed by atoms with E-state index in [-0.39, 0.29) is 11.9 Å². The largest absolute Gasteiger partial charge is 0.324 e. The zero-order valence-corrected chi connectivity index (χ0v) is 9.14. The molecule has 0 aliphatic rings. The third-order valence-corrected chi connectivity index (χ3v) is 2.65. The maximum Gasteiger partial charge on any atom is 0.124 e. The standard InChI is InChI=1S/C10H13BrFN/c1-2-3-10(13)8-5-4-7(12)6-9(8)11/h4-6,10H,2-3,13H2,1H3. The van der Waals surface area contributed by atoms with Crippen molar-refractivity contribution in [1.82, 2.24) is 0 Å². The van der Waals surface area contributed by atoms with Crippen molar-refractivity contribution in [3.8, 4) is 0 Å². The molecule has 1 atom stereocenters. The molecule has 0 saturated carbocycles. The van der Waals surface area contributed by atoms with E-state index in [0.29, 0.717) is 0 Å². The minimum atomic E-state index is -0.237. The van der Waals surface area contributed by atoms with E-state index in [1.54, 1.807) is 6.07 Å². The van der Waals surface area contributed by atoms with Gasteiger partial charge in [-0.25, -0.2) is 4.39 Å². The van der Waals surface area contributed by atoms with Crippen LogP contribution in [0.2, 0.25) is 0 Å². The monoisotopic (exact) mass is 245 g/mol. The summed E-state index contributed by atoms with van der Waals surface area (Å²) in [5.41, 5.74) is 6.88. The molecular formula is C10H13BrFN. The van der Waals surface area contributed by atoms with E-state index >= 15 is 0 Å². The Bertz CT molecular complexity index is 288. The van der Waals surface area contributed by atoms with Crippen molar-refractivity contribution < 1.29 is 4.39 Å². The number of benzene rings is 1. The Morgan fingerprint density at radius 2 is 2.23 bits per heavy atom. The molecule has 0 fully saturated rings. The molecule has 0 bridgehead atoms. The van der Waals surface area contributed by atoms with Crippen LogP contribution in [0.15, 0.2) is 22.7 Å². The van der Waals surface area contributed by atoms with Crippen LogP contribution in [0.25, 0.3) is 0 Å². The van der Waals surface area contributed by atoms with Gasteiger partial charge in [0, 0.05) is 10.5 Å². The predicted molar refractivity (Wildman–Crippen MR) is 55.9 cm³/mol. The lowest BCUT2D eigenvalue weighted by Crippen LogP contribution is -2.10. The number of nitrogens with two attached hydrogens (primary N) is 1. The summed E-state index contributed by atoms with van der Waals surface area (Å²) in [6.07, 6.45) is 1.95. The Hall–Kier alpha value is -0.410. The summed E-state index contributed by atoms with van der Waals surface area (Å²) in [5, 5.41) is 0. The van der Waals surface area contributed by atoms with Crippen molar-refractivity contribution in [1.29, 1.82) is 0 Å². The highest BCUT2D eigenvalue weighted by Gasteiger charge is 2.08. The second-order valence-corrected chi connectivity index (χ2v) is 3.92. The summed E-state index contributed by atoms with van der Waals surface area (Å²) in [6.45, 7) is 2.08. The van der Waals surface area contributed by atoms with Crippen LogP contribution >= 0.6 is 15.9 Å². The summed E-state index contributed by atoms with van der Waals surface area (Å²) in [4.78, 5) is 0. The summed E-state index contributed by atoms with van der Waals surface area (Å²) >= 11 is 3.30. The Balaban J connectivity index is 2.88. The molecule has 0 aromatic heterocycles. The van der Waals surface area contributed by atoms with Crippen LogP contribution in [0.5, 0.6) is 0 Å². The summed E-state index contributed by atoms with van der Waals surface area (Å²) in [7, 11) is 0. The van der Waals surface area contributed by atoms with Gasteiger partial charge in [0.15, 0.2) is 0 Å². The Morgan fingerprint density at radius 3 is 2.77 bits per heavy atom. The van der Waals surface area contributed by atoms with E-state index in [1.807, 2.05) is 0 Å². The Kier molecular flexibility index (Phi) is 3.88. The SMILES string of the molecule is CCCC(N)c1ccc(F)cc1Br. The molecule has 0 spiro atoms. The zero-order valence-electron chi connectivity index (χ0n) is 7.56. The Morgan fingerprint density at radius 1 is 1.54 bits per heavy atom. The minimum Gasteiger partial charge on any atom is -0.324 e. The third-order valence-electron chi connectivity index (χ3n) is 1.96. The topological polar surface area (TPSA) is 26.0 Å². The Labute approximate surface area is 86.3 Å². The van der Waals surface area contributed by atoms with E-state index < -0.39 is 0 Å². The summed E-state index contributed by atoms with van der Waals surface area (Å²) in [5.74, 6) is -0.237. The van der Waals surface area contributed by atoms with Crippen molar-refractivity contribution >= 4 is 15.9 Å². The minimum absolute atomic E-state index is 0.0000231. The highest BCUT2D eigenvalue weighted by molar-refractivity contribution is 9.10. The van der Waals surface area contributed by atoms with Crippen molar-refractivity contribution in [3.05, 3.63) is 34.1 Å². The lowest BCUT2D eigenvalue weighted by atomic mass is 10.0. The first-order valence-corrected chi connectivity index (χ1v) is 5.15. The van der Waals surface area contributed by atoms with Gasteiger partial charge in [0.2, 0.25) is 0 Å². The van der Waals surface area contributed by atoms with Crippen LogP contribution in [0, 0.1) is 5.82 Å². The normalized spacial score (nSPS) is 12.9. The highest BCUT2D eigenvalue weighted by Crippen LogP contribution is 2.25. The molecule has 2 N–H and O–H groups in total. The first-order valence-electron chi connectivity index (χ1n) is 4.35. The van der Waals surface area contributed by atoms with Crippen molar-refractivity contribution in [2.75, 3.05) is 0 Å².